The second-order valence-electron chi connectivity index (χ2n) is 4.93. The van der Waals surface area contributed by atoms with Crippen LogP contribution in [0.15, 0.2) is 12.5 Å². The lowest BCUT2D eigenvalue weighted by molar-refractivity contribution is 0.0724. The monoisotopic (exact) mass is 208 g/mol. The van der Waals surface area contributed by atoms with Crippen LogP contribution in [0.3, 0.4) is 0 Å². The first-order valence-corrected chi connectivity index (χ1v) is 5.82. The molecular weight excluding hydrogens is 188 g/mol. The maximum absolute atomic E-state index is 10.2. The lowest BCUT2D eigenvalue weighted by atomic mass is 9.79. The van der Waals surface area contributed by atoms with E-state index in [1.807, 2.05) is 17.8 Å². The van der Waals surface area contributed by atoms with Gasteiger partial charge in [0.15, 0.2) is 0 Å². The van der Waals surface area contributed by atoms with Crippen LogP contribution >= 0.6 is 0 Å². The number of aromatic nitrogens is 2. The Balaban J connectivity index is 1.99. The molecule has 3 nitrogen and oxygen atoms in total. The quantitative estimate of drug-likeness (QED) is 0.809. The molecule has 1 aromatic heterocycles. The molecule has 1 aliphatic carbocycles. The highest BCUT2D eigenvalue weighted by atomic mass is 16.3. The summed E-state index contributed by atoms with van der Waals surface area (Å²) in [4.78, 5) is 4.22. The van der Waals surface area contributed by atoms with Gasteiger partial charge < -0.3 is 9.67 Å². The van der Waals surface area contributed by atoms with Crippen LogP contribution in [0.25, 0.3) is 0 Å². The smallest absolute Gasteiger partial charge is 0.100 e. The molecule has 1 saturated carbocycles. The molecule has 1 fully saturated rings. The normalized spacial score (nSPS) is 29.0. The Labute approximate surface area is 91.1 Å². The van der Waals surface area contributed by atoms with Crippen molar-refractivity contribution in [1.29, 1.82) is 0 Å². The van der Waals surface area contributed by atoms with Gasteiger partial charge in [0.25, 0.3) is 0 Å². The van der Waals surface area contributed by atoms with Gasteiger partial charge in [0.05, 0.1) is 12.0 Å². The third-order valence-electron chi connectivity index (χ3n) is 3.53. The minimum atomic E-state index is -0.362. The van der Waals surface area contributed by atoms with Gasteiger partial charge in [-0.2, -0.15) is 0 Å². The van der Waals surface area contributed by atoms with Crippen molar-refractivity contribution in [3.8, 4) is 0 Å². The molecule has 0 bridgehead atoms. The Morgan fingerprint density at radius 3 is 2.60 bits per heavy atom. The van der Waals surface area contributed by atoms with Crippen LogP contribution < -0.4 is 0 Å². The average Bonchev–Trinajstić information content (AvgIpc) is 2.65. The summed E-state index contributed by atoms with van der Waals surface area (Å²) < 4.78 is 1.89. The van der Waals surface area contributed by atoms with E-state index in [9.17, 15) is 5.11 Å². The van der Waals surface area contributed by atoms with Crippen molar-refractivity contribution in [3.05, 3.63) is 18.2 Å². The fourth-order valence-electron chi connectivity index (χ4n) is 2.43. The van der Waals surface area contributed by atoms with E-state index >= 15 is 0 Å². The first kappa shape index (κ1) is 10.7. The summed E-state index contributed by atoms with van der Waals surface area (Å²) in [5, 5.41) is 10.2. The molecule has 1 N–H and O–H groups in total. The Kier molecular flexibility index (Phi) is 3.10. The summed E-state index contributed by atoms with van der Waals surface area (Å²) in [6, 6.07) is 0. The molecule has 1 aliphatic rings. The van der Waals surface area contributed by atoms with E-state index in [1.165, 1.54) is 12.8 Å². The summed E-state index contributed by atoms with van der Waals surface area (Å²) in [7, 11) is 1.94. The highest BCUT2D eigenvalue weighted by molar-refractivity contribution is 5.02. The van der Waals surface area contributed by atoms with Gasteiger partial charge >= 0.3 is 0 Å². The number of hydrogen-bond donors (Lipinski definition) is 1. The van der Waals surface area contributed by atoms with Gasteiger partial charge in [-0.3, -0.25) is 0 Å². The van der Waals surface area contributed by atoms with Crippen LogP contribution in [0.2, 0.25) is 0 Å². The van der Waals surface area contributed by atoms with Gasteiger partial charge in [-0.25, -0.2) is 4.98 Å². The molecule has 84 valence electrons. The molecule has 1 unspecified atom stereocenters. The minimum Gasteiger partial charge on any atom is -0.386 e. The second-order valence-corrected chi connectivity index (χ2v) is 4.93. The number of aliphatic hydroxyl groups excluding tert-OH is 1. The zero-order chi connectivity index (χ0) is 10.8. The summed E-state index contributed by atoms with van der Waals surface area (Å²) in [6.45, 7) is 2.30. The van der Waals surface area contributed by atoms with E-state index in [4.69, 9.17) is 0 Å². The van der Waals surface area contributed by atoms with E-state index in [-0.39, 0.29) is 6.10 Å². The zero-order valence-electron chi connectivity index (χ0n) is 9.56. The summed E-state index contributed by atoms with van der Waals surface area (Å²) in [5.74, 6) is 1.24. The average molecular weight is 208 g/mol. The van der Waals surface area contributed by atoms with Crippen LogP contribution in [-0.2, 0) is 7.05 Å². The van der Waals surface area contributed by atoms with Crippen LogP contribution in [0.4, 0.5) is 0 Å². The van der Waals surface area contributed by atoms with Gasteiger partial charge in [-0.15, -0.1) is 0 Å². The van der Waals surface area contributed by atoms with Crippen molar-refractivity contribution < 1.29 is 5.11 Å². The summed E-state index contributed by atoms with van der Waals surface area (Å²) in [6.07, 6.45) is 8.08. The lowest BCUT2D eigenvalue weighted by Gasteiger charge is -2.28. The molecule has 1 aromatic rings. The number of aryl methyl sites for hydroxylation is 1. The van der Waals surface area contributed by atoms with E-state index in [2.05, 4.69) is 11.9 Å². The van der Waals surface area contributed by atoms with E-state index in [0.717, 1.165) is 24.5 Å². The molecule has 0 amide bonds. The number of nitrogens with zero attached hydrogens (tertiary/aromatic N) is 2. The Bertz CT molecular complexity index is 313. The molecule has 1 heterocycles. The molecule has 0 aliphatic heterocycles. The van der Waals surface area contributed by atoms with E-state index in [0.29, 0.717) is 5.92 Å². The molecular formula is C12H20N2O. The third-order valence-corrected chi connectivity index (χ3v) is 3.53. The SMILES string of the molecule is CC1CCC(C(O)c2cn(C)cn2)CC1. The Morgan fingerprint density at radius 1 is 1.40 bits per heavy atom. The number of hydrogen-bond acceptors (Lipinski definition) is 2. The maximum Gasteiger partial charge on any atom is 0.100 e. The summed E-state index contributed by atoms with van der Waals surface area (Å²) >= 11 is 0. The van der Waals surface area contributed by atoms with Crippen molar-refractivity contribution in [2.24, 2.45) is 18.9 Å². The molecule has 0 aromatic carbocycles. The largest absolute Gasteiger partial charge is 0.386 e. The van der Waals surface area contributed by atoms with Gasteiger partial charge in [0.1, 0.15) is 6.10 Å². The van der Waals surface area contributed by atoms with Gasteiger partial charge in [-0.1, -0.05) is 19.8 Å². The van der Waals surface area contributed by atoms with E-state index in [1.54, 1.807) is 6.33 Å². The standard InChI is InChI=1S/C12H20N2O/c1-9-3-5-10(6-4-9)12(15)11-7-14(2)8-13-11/h7-10,12,15H,3-6H2,1-2H3. The molecule has 3 heteroatoms. The third kappa shape index (κ3) is 2.40. The second kappa shape index (κ2) is 4.35. The topological polar surface area (TPSA) is 38.0 Å². The van der Waals surface area contributed by atoms with Crippen molar-refractivity contribution in [2.45, 2.75) is 38.7 Å². The zero-order valence-corrected chi connectivity index (χ0v) is 9.56. The first-order valence-electron chi connectivity index (χ1n) is 5.82. The molecule has 0 radical (unpaired) electrons. The number of imidazole rings is 1. The molecule has 0 saturated heterocycles. The van der Waals surface area contributed by atoms with Gasteiger partial charge in [-0.05, 0) is 24.7 Å². The van der Waals surface area contributed by atoms with Crippen molar-refractivity contribution in [2.75, 3.05) is 0 Å². The van der Waals surface area contributed by atoms with Gasteiger partial charge in [0.2, 0.25) is 0 Å². The molecule has 1 atom stereocenters. The Morgan fingerprint density at radius 2 is 2.07 bits per heavy atom. The maximum atomic E-state index is 10.2. The molecule has 2 rings (SSSR count). The minimum absolute atomic E-state index is 0.362. The number of rotatable bonds is 2. The van der Waals surface area contributed by atoms with Crippen molar-refractivity contribution in [1.82, 2.24) is 9.55 Å². The fourth-order valence-corrected chi connectivity index (χ4v) is 2.43. The fraction of sp³-hybridized carbons (Fsp3) is 0.750. The Hall–Kier alpha value is -0.830. The number of aliphatic hydroxyl groups is 1. The van der Waals surface area contributed by atoms with Crippen LogP contribution in [0, 0.1) is 11.8 Å². The van der Waals surface area contributed by atoms with Crippen LogP contribution in [0.5, 0.6) is 0 Å². The van der Waals surface area contributed by atoms with Crippen molar-refractivity contribution >= 4 is 0 Å². The van der Waals surface area contributed by atoms with E-state index < -0.39 is 0 Å². The summed E-state index contributed by atoms with van der Waals surface area (Å²) in [5.41, 5.74) is 0.831. The highest BCUT2D eigenvalue weighted by Crippen LogP contribution is 2.35. The van der Waals surface area contributed by atoms with Crippen molar-refractivity contribution in [3.63, 3.8) is 0 Å². The molecule has 0 spiro atoms. The predicted molar refractivity (Wildman–Crippen MR) is 59.3 cm³/mol. The first-order chi connectivity index (χ1) is 7.16. The van der Waals surface area contributed by atoms with Crippen LogP contribution in [-0.4, -0.2) is 14.7 Å². The lowest BCUT2D eigenvalue weighted by Crippen LogP contribution is -2.19. The van der Waals surface area contributed by atoms with Gasteiger partial charge in [0, 0.05) is 13.2 Å². The predicted octanol–water partition coefficient (Wildman–Crippen LogP) is 2.28. The highest BCUT2D eigenvalue weighted by Gasteiger charge is 2.26. The van der Waals surface area contributed by atoms with Crippen LogP contribution in [0.1, 0.15) is 44.4 Å². The molecule has 15 heavy (non-hydrogen) atoms.